The van der Waals surface area contributed by atoms with Crippen molar-refractivity contribution in [1.82, 2.24) is 0 Å². The molecule has 0 saturated carbocycles. The molecule has 0 aliphatic carbocycles. The number of benzene rings is 2. The van der Waals surface area contributed by atoms with E-state index in [0.29, 0.717) is 5.19 Å². The summed E-state index contributed by atoms with van der Waals surface area (Å²) in [7, 11) is 0.109. The molecule has 5 heteroatoms. The lowest BCUT2D eigenvalue weighted by atomic mass is 10.1. The number of rotatable bonds is 4. The van der Waals surface area contributed by atoms with Gasteiger partial charge in [-0.25, -0.2) is 9.59 Å². The van der Waals surface area contributed by atoms with Gasteiger partial charge in [0, 0.05) is 0 Å². The average Bonchev–Trinajstić information content (AvgIpc) is 2.43. The molecule has 0 aliphatic heterocycles. The van der Waals surface area contributed by atoms with Crippen molar-refractivity contribution in [1.29, 1.82) is 0 Å². The molecule has 106 valence electrons. The van der Waals surface area contributed by atoms with E-state index in [9.17, 15) is 14.7 Å². The van der Waals surface area contributed by atoms with Crippen molar-refractivity contribution in [2.45, 2.75) is 13.8 Å². The van der Waals surface area contributed by atoms with Crippen molar-refractivity contribution in [3.63, 3.8) is 0 Å². The van der Waals surface area contributed by atoms with Crippen LogP contribution in [0.2, 0.25) is 0 Å². The van der Waals surface area contributed by atoms with Gasteiger partial charge in [-0.15, -0.1) is 0 Å². The van der Waals surface area contributed by atoms with Crippen molar-refractivity contribution in [3.8, 4) is 0 Å². The molecule has 21 heavy (non-hydrogen) atoms. The van der Waals surface area contributed by atoms with Gasteiger partial charge in [0.05, 0.1) is 11.1 Å². The molecule has 0 aliphatic rings. The van der Waals surface area contributed by atoms with Gasteiger partial charge in [-0.2, -0.15) is 0 Å². The Labute approximate surface area is 124 Å². The maximum absolute atomic E-state index is 11.3. The summed E-state index contributed by atoms with van der Waals surface area (Å²) in [6.45, 7) is 3.98. The summed E-state index contributed by atoms with van der Waals surface area (Å²) < 4.78 is 0. The van der Waals surface area contributed by atoms with Crippen LogP contribution in [-0.2, 0) is 0 Å². The second kappa shape index (κ2) is 5.93. The van der Waals surface area contributed by atoms with Crippen LogP contribution in [-0.4, -0.2) is 31.7 Å². The Kier molecular flexibility index (Phi) is 4.23. The standard InChI is InChI=1S/C16H14O4Si/c1-9-4-3-5-13(10(9)2)21-14-8-11(15(17)18)6-7-12(14)16(19)20/h3-8H,1-2H3,(H,17,18)(H,19,20). The SMILES string of the molecule is Cc1cccc([Si]c2cc(C(=O)O)ccc2C(=O)O)c1C. The second-order valence-electron chi connectivity index (χ2n) is 4.74. The third-order valence-electron chi connectivity index (χ3n) is 3.37. The first-order valence-electron chi connectivity index (χ1n) is 6.34. The third-order valence-corrected chi connectivity index (χ3v) is 4.86. The normalized spacial score (nSPS) is 10.4. The Morgan fingerprint density at radius 2 is 1.67 bits per heavy atom. The predicted molar refractivity (Wildman–Crippen MR) is 81.3 cm³/mol. The van der Waals surface area contributed by atoms with Gasteiger partial charge < -0.3 is 10.2 Å². The van der Waals surface area contributed by atoms with Gasteiger partial charge in [0.1, 0.15) is 9.52 Å². The van der Waals surface area contributed by atoms with Crippen LogP contribution < -0.4 is 10.4 Å². The lowest BCUT2D eigenvalue weighted by Crippen LogP contribution is -2.34. The van der Waals surface area contributed by atoms with Crippen LogP contribution >= 0.6 is 0 Å². The number of carboxylic acid groups (broad SMARTS) is 2. The maximum atomic E-state index is 11.3. The van der Waals surface area contributed by atoms with Crippen LogP contribution in [0, 0.1) is 13.8 Å². The van der Waals surface area contributed by atoms with Crippen molar-refractivity contribution < 1.29 is 19.8 Å². The van der Waals surface area contributed by atoms with E-state index >= 15 is 0 Å². The lowest BCUT2D eigenvalue weighted by Gasteiger charge is -2.10. The maximum Gasteiger partial charge on any atom is 0.335 e. The average molecular weight is 298 g/mol. The highest BCUT2D eigenvalue weighted by atomic mass is 28.2. The molecule has 0 bridgehead atoms. The van der Waals surface area contributed by atoms with E-state index in [1.807, 2.05) is 32.0 Å². The molecule has 2 rings (SSSR count). The summed E-state index contributed by atoms with van der Waals surface area (Å²) in [5, 5.41) is 19.9. The van der Waals surface area contributed by atoms with Gasteiger partial charge in [0.2, 0.25) is 0 Å². The second-order valence-corrected chi connectivity index (χ2v) is 6.07. The van der Waals surface area contributed by atoms with Crippen LogP contribution in [0.5, 0.6) is 0 Å². The predicted octanol–water partition coefficient (Wildman–Crippen LogP) is 1.35. The Balaban J connectivity index is 2.51. The Hall–Kier alpha value is -2.40. The Bertz CT molecular complexity index is 722. The van der Waals surface area contributed by atoms with E-state index in [4.69, 9.17) is 5.11 Å². The van der Waals surface area contributed by atoms with E-state index in [2.05, 4.69) is 0 Å². The van der Waals surface area contributed by atoms with Gasteiger partial charge >= 0.3 is 11.9 Å². The van der Waals surface area contributed by atoms with E-state index < -0.39 is 11.9 Å². The van der Waals surface area contributed by atoms with Crippen molar-refractivity contribution >= 4 is 31.8 Å². The Morgan fingerprint density at radius 3 is 2.29 bits per heavy atom. The van der Waals surface area contributed by atoms with E-state index in [-0.39, 0.29) is 20.6 Å². The first-order chi connectivity index (χ1) is 9.90. The van der Waals surface area contributed by atoms with Gasteiger partial charge in [-0.05, 0) is 48.4 Å². The van der Waals surface area contributed by atoms with E-state index in [0.717, 1.165) is 16.3 Å². The fourth-order valence-corrected chi connectivity index (χ4v) is 3.41. The Morgan fingerprint density at radius 1 is 0.952 bits per heavy atom. The highest BCUT2D eigenvalue weighted by Gasteiger charge is 2.15. The summed E-state index contributed by atoms with van der Waals surface area (Å²) in [5.74, 6) is -2.10. The number of aromatic carboxylic acids is 2. The highest BCUT2D eigenvalue weighted by molar-refractivity contribution is 6.69. The summed E-state index contributed by atoms with van der Waals surface area (Å²) in [6, 6.07) is 10.00. The number of hydrogen-bond donors (Lipinski definition) is 2. The number of carbonyl (C=O) groups is 2. The lowest BCUT2D eigenvalue weighted by molar-refractivity contribution is 0.0682. The molecule has 2 aromatic rings. The summed E-state index contributed by atoms with van der Waals surface area (Å²) in [4.78, 5) is 22.4. The quantitative estimate of drug-likeness (QED) is 0.836. The molecular weight excluding hydrogens is 284 g/mol. The van der Waals surface area contributed by atoms with Crippen LogP contribution in [0.3, 0.4) is 0 Å². The highest BCUT2D eigenvalue weighted by Crippen LogP contribution is 2.05. The molecule has 0 amide bonds. The smallest absolute Gasteiger partial charge is 0.335 e. The molecular formula is C16H14O4Si. The zero-order valence-electron chi connectivity index (χ0n) is 11.7. The summed E-state index contributed by atoms with van der Waals surface area (Å²) in [5.41, 5.74) is 2.49. The van der Waals surface area contributed by atoms with Crippen molar-refractivity contribution in [2.24, 2.45) is 0 Å². The summed E-state index contributed by atoms with van der Waals surface area (Å²) in [6.07, 6.45) is 0. The summed E-state index contributed by atoms with van der Waals surface area (Å²) >= 11 is 0. The minimum absolute atomic E-state index is 0.104. The zero-order valence-corrected chi connectivity index (χ0v) is 12.7. The topological polar surface area (TPSA) is 74.6 Å². The van der Waals surface area contributed by atoms with Crippen molar-refractivity contribution in [3.05, 3.63) is 58.7 Å². The molecule has 0 saturated heterocycles. The van der Waals surface area contributed by atoms with Gasteiger partial charge in [-0.3, -0.25) is 0 Å². The van der Waals surface area contributed by atoms with Crippen LogP contribution in [0.4, 0.5) is 0 Å². The molecule has 4 nitrogen and oxygen atoms in total. The molecule has 2 radical (unpaired) electrons. The molecule has 0 spiro atoms. The minimum Gasteiger partial charge on any atom is -0.478 e. The van der Waals surface area contributed by atoms with Crippen molar-refractivity contribution in [2.75, 3.05) is 0 Å². The first-order valence-corrected chi connectivity index (χ1v) is 7.34. The van der Waals surface area contributed by atoms with E-state index in [1.165, 1.54) is 18.2 Å². The monoisotopic (exact) mass is 298 g/mol. The number of aryl methyl sites for hydroxylation is 1. The fourth-order valence-electron chi connectivity index (χ4n) is 2.00. The molecule has 0 aromatic heterocycles. The zero-order chi connectivity index (χ0) is 15.6. The van der Waals surface area contributed by atoms with Crippen LogP contribution in [0.25, 0.3) is 0 Å². The minimum atomic E-state index is -1.06. The fraction of sp³-hybridized carbons (Fsp3) is 0.125. The third kappa shape index (κ3) is 3.20. The molecule has 2 N–H and O–H groups in total. The van der Waals surface area contributed by atoms with Crippen LogP contribution in [0.1, 0.15) is 31.8 Å². The van der Waals surface area contributed by atoms with Gasteiger partial charge in [0.25, 0.3) is 0 Å². The van der Waals surface area contributed by atoms with Gasteiger partial charge in [-0.1, -0.05) is 23.4 Å². The van der Waals surface area contributed by atoms with E-state index in [1.54, 1.807) is 0 Å². The number of hydrogen-bond acceptors (Lipinski definition) is 2. The van der Waals surface area contributed by atoms with Gasteiger partial charge in [0.15, 0.2) is 0 Å². The molecule has 0 atom stereocenters. The molecule has 0 fully saturated rings. The molecule has 2 aromatic carbocycles. The first kappa shape index (κ1) is 15.0. The molecule has 0 heterocycles. The van der Waals surface area contributed by atoms with Crippen LogP contribution in [0.15, 0.2) is 36.4 Å². The largest absolute Gasteiger partial charge is 0.478 e. The molecule has 0 unspecified atom stereocenters. The number of carboxylic acids is 2.